The van der Waals surface area contributed by atoms with Gasteiger partial charge in [-0.15, -0.1) is 0 Å². The van der Waals surface area contributed by atoms with E-state index in [9.17, 15) is 44.6 Å². The molecule has 53 heavy (non-hydrogen) atoms. The highest BCUT2D eigenvalue weighted by molar-refractivity contribution is 7.47. The van der Waals surface area contributed by atoms with E-state index < -0.39 is 75.7 Å². The third kappa shape index (κ3) is 24.0. The lowest BCUT2D eigenvalue weighted by Gasteiger charge is -2.41. The summed E-state index contributed by atoms with van der Waals surface area (Å²) in [6, 6.07) is 0. The molecule has 0 saturated heterocycles. The van der Waals surface area contributed by atoms with Crippen LogP contribution >= 0.6 is 7.82 Å². The molecule has 0 radical (unpaired) electrons. The van der Waals surface area contributed by atoms with Crippen LogP contribution in [0.2, 0.25) is 0 Å². The summed E-state index contributed by atoms with van der Waals surface area (Å²) < 4.78 is 33.3. The van der Waals surface area contributed by atoms with Crippen molar-refractivity contribution >= 4 is 19.8 Å². The van der Waals surface area contributed by atoms with Crippen molar-refractivity contribution in [2.45, 2.75) is 211 Å². The number of esters is 2. The summed E-state index contributed by atoms with van der Waals surface area (Å²) in [5.74, 6) is -1.11. The largest absolute Gasteiger partial charge is 0.472 e. The van der Waals surface area contributed by atoms with E-state index >= 15 is 0 Å². The van der Waals surface area contributed by atoms with Gasteiger partial charge in [0.1, 0.15) is 43.2 Å². The maximum Gasteiger partial charge on any atom is 0.472 e. The molecule has 0 aromatic rings. The van der Waals surface area contributed by atoms with Crippen molar-refractivity contribution in [3.05, 3.63) is 12.2 Å². The summed E-state index contributed by atoms with van der Waals surface area (Å²) in [5, 5.41) is 49.9. The Labute approximate surface area is 318 Å². The summed E-state index contributed by atoms with van der Waals surface area (Å²) in [6.45, 7) is 3.23. The normalized spacial score (nSPS) is 23.5. The van der Waals surface area contributed by atoms with Crippen LogP contribution in [0.3, 0.4) is 0 Å². The van der Waals surface area contributed by atoms with E-state index in [0.717, 1.165) is 64.2 Å². The minimum Gasteiger partial charge on any atom is -0.462 e. The quantitative estimate of drug-likeness (QED) is 0.0177. The average molecular weight is 781 g/mol. The molecule has 1 fully saturated rings. The second-order valence-corrected chi connectivity index (χ2v) is 15.9. The Morgan fingerprint density at radius 1 is 0.566 bits per heavy atom. The Hall–Kier alpha value is -1.41. The molecule has 6 N–H and O–H groups in total. The highest BCUT2D eigenvalue weighted by Gasteiger charge is 2.51. The molecule has 1 rings (SSSR count). The molecule has 1 aliphatic rings. The van der Waals surface area contributed by atoms with Gasteiger partial charge in [-0.05, 0) is 38.5 Å². The maximum absolute atomic E-state index is 12.7. The Kier molecular flexibility index (Phi) is 28.8. The van der Waals surface area contributed by atoms with Crippen molar-refractivity contribution in [3.8, 4) is 0 Å². The van der Waals surface area contributed by atoms with Crippen LogP contribution < -0.4 is 0 Å². The van der Waals surface area contributed by atoms with E-state index in [1.165, 1.54) is 64.2 Å². The maximum atomic E-state index is 12.7. The zero-order valence-electron chi connectivity index (χ0n) is 32.6. The van der Waals surface area contributed by atoms with Gasteiger partial charge in [-0.2, -0.15) is 0 Å². The highest BCUT2D eigenvalue weighted by Crippen LogP contribution is 2.47. The number of aliphatic hydroxyl groups is 5. The van der Waals surface area contributed by atoms with Crippen molar-refractivity contribution in [3.63, 3.8) is 0 Å². The number of ether oxygens (including phenoxy) is 2. The van der Waals surface area contributed by atoms with E-state index in [1.807, 2.05) is 0 Å². The first kappa shape index (κ1) is 49.6. The Morgan fingerprint density at radius 3 is 1.43 bits per heavy atom. The number of hydrogen-bond acceptors (Lipinski definition) is 12. The zero-order chi connectivity index (χ0) is 39.3. The molecule has 13 nitrogen and oxygen atoms in total. The SMILES string of the molecule is CCCCCCCC/C=C/CCCCCCCC(=O)OC[C@@H](COP(=O)(O)OC1C(O)C(O)C(O)[C@H](O)C1O)OC(=O)CCCCCCCCCCC. The van der Waals surface area contributed by atoms with Crippen molar-refractivity contribution in [1.82, 2.24) is 0 Å². The topological polar surface area (TPSA) is 210 Å². The molecular formula is C39H73O13P. The number of unbranched alkanes of at least 4 members (excludes halogenated alkanes) is 19. The Bertz CT molecular complexity index is 996. The van der Waals surface area contributed by atoms with Gasteiger partial charge < -0.3 is 39.9 Å². The lowest BCUT2D eigenvalue weighted by atomic mass is 9.85. The first-order valence-electron chi connectivity index (χ1n) is 20.5. The molecule has 6 unspecified atom stereocenters. The number of phosphoric acid groups is 1. The number of aliphatic hydroxyl groups excluding tert-OH is 5. The smallest absolute Gasteiger partial charge is 0.462 e. The van der Waals surface area contributed by atoms with Gasteiger partial charge >= 0.3 is 19.8 Å². The molecule has 14 heteroatoms. The molecule has 8 atom stereocenters. The standard InChI is InChI=1S/C39H73O13P/c1-3-5-7-9-11-13-14-15-16-17-18-20-21-23-25-27-32(40)49-29-31(51-33(41)28-26-24-22-19-12-10-8-6-4-2)30-50-53(47,48)52-39-37(45)35(43)34(42)36(44)38(39)46/h15-16,31,34-39,42-46H,3-14,17-30H2,1-2H3,(H,47,48)/b16-15+/t31-,34?,35-,36?,37?,38?,39?/m0/s1. The van der Waals surface area contributed by atoms with Crippen molar-refractivity contribution in [2.75, 3.05) is 13.2 Å². The fourth-order valence-corrected chi connectivity index (χ4v) is 7.19. The molecule has 0 amide bonds. The van der Waals surface area contributed by atoms with E-state index in [1.54, 1.807) is 0 Å². The summed E-state index contributed by atoms with van der Waals surface area (Å²) >= 11 is 0. The minimum atomic E-state index is -5.10. The number of phosphoric ester groups is 1. The third-order valence-electron chi connectivity index (χ3n) is 9.61. The highest BCUT2D eigenvalue weighted by atomic mass is 31.2. The Morgan fingerprint density at radius 2 is 0.962 bits per heavy atom. The molecule has 1 saturated carbocycles. The van der Waals surface area contributed by atoms with Crippen molar-refractivity contribution < 1.29 is 63.1 Å². The zero-order valence-corrected chi connectivity index (χ0v) is 33.5. The van der Waals surface area contributed by atoms with E-state index in [4.69, 9.17) is 18.5 Å². The first-order chi connectivity index (χ1) is 25.4. The molecule has 312 valence electrons. The number of carbonyl (C=O) groups excluding carboxylic acids is 2. The van der Waals surface area contributed by atoms with Crippen LogP contribution in [0.25, 0.3) is 0 Å². The third-order valence-corrected chi connectivity index (χ3v) is 10.6. The fraction of sp³-hybridized carbons (Fsp3) is 0.897. The first-order valence-corrected chi connectivity index (χ1v) is 22.0. The molecule has 0 heterocycles. The summed E-state index contributed by atoms with van der Waals surface area (Å²) in [4.78, 5) is 35.4. The lowest BCUT2D eigenvalue weighted by molar-refractivity contribution is -0.220. The van der Waals surface area contributed by atoms with Crippen molar-refractivity contribution in [1.29, 1.82) is 0 Å². The van der Waals surface area contributed by atoms with Crippen LogP contribution in [0.1, 0.15) is 168 Å². The predicted molar refractivity (Wildman–Crippen MR) is 203 cm³/mol. The van der Waals surface area contributed by atoms with Gasteiger partial charge in [-0.25, -0.2) is 4.57 Å². The summed E-state index contributed by atoms with van der Waals surface area (Å²) in [7, 11) is -5.10. The molecule has 1 aliphatic carbocycles. The van der Waals surface area contributed by atoms with E-state index in [-0.39, 0.29) is 12.8 Å². The van der Waals surface area contributed by atoms with Gasteiger partial charge in [0.15, 0.2) is 6.10 Å². The van der Waals surface area contributed by atoms with Gasteiger partial charge in [0, 0.05) is 12.8 Å². The van der Waals surface area contributed by atoms with Crippen LogP contribution in [-0.4, -0.2) is 98.3 Å². The lowest BCUT2D eigenvalue weighted by Crippen LogP contribution is -2.64. The molecule has 0 aromatic carbocycles. The molecular weight excluding hydrogens is 707 g/mol. The van der Waals surface area contributed by atoms with Crippen LogP contribution in [-0.2, 0) is 32.7 Å². The molecule has 0 bridgehead atoms. The molecule has 0 aromatic heterocycles. The second kappa shape index (κ2) is 30.8. The van der Waals surface area contributed by atoms with Crippen LogP contribution in [0.15, 0.2) is 12.2 Å². The van der Waals surface area contributed by atoms with Gasteiger partial charge in [-0.3, -0.25) is 18.6 Å². The van der Waals surface area contributed by atoms with E-state index in [2.05, 4.69) is 26.0 Å². The number of carbonyl (C=O) groups is 2. The monoisotopic (exact) mass is 780 g/mol. The van der Waals surface area contributed by atoms with Gasteiger partial charge in [-0.1, -0.05) is 129 Å². The van der Waals surface area contributed by atoms with Gasteiger partial charge in [0.2, 0.25) is 0 Å². The van der Waals surface area contributed by atoms with Crippen LogP contribution in [0, 0.1) is 0 Å². The van der Waals surface area contributed by atoms with Gasteiger partial charge in [0.25, 0.3) is 0 Å². The predicted octanol–water partition coefficient (Wildman–Crippen LogP) is 6.72. The number of hydrogen-bond donors (Lipinski definition) is 6. The average Bonchev–Trinajstić information content (AvgIpc) is 3.13. The summed E-state index contributed by atoms with van der Waals surface area (Å²) in [5.41, 5.74) is 0. The molecule has 0 spiro atoms. The second-order valence-electron chi connectivity index (χ2n) is 14.5. The fourth-order valence-electron chi connectivity index (χ4n) is 6.22. The number of rotatable bonds is 33. The summed E-state index contributed by atoms with van der Waals surface area (Å²) in [6.07, 6.45) is 15.8. The minimum absolute atomic E-state index is 0.0983. The van der Waals surface area contributed by atoms with Crippen molar-refractivity contribution in [2.24, 2.45) is 0 Å². The number of allylic oxidation sites excluding steroid dienone is 2. The molecule has 0 aliphatic heterocycles. The van der Waals surface area contributed by atoms with E-state index in [0.29, 0.717) is 12.8 Å². The van der Waals surface area contributed by atoms with Gasteiger partial charge in [0.05, 0.1) is 6.61 Å². The van der Waals surface area contributed by atoms with Crippen LogP contribution in [0.5, 0.6) is 0 Å². The van der Waals surface area contributed by atoms with Crippen LogP contribution in [0.4, 0.5) is 0 Å². The Balaban J connectivity index is 2.49.